The van der Waals surface area contributed by atoms with E-state index in [9.17, 15) is 4.79 Å². The van der Waals surface area contributed by atoms with Crippen molar-refractivity contribution < 1.29 is 47.0 Å². The molecule has 27 heavy (non-hydrogen) atoms. The van der Waals surface area contributed by atoms with Gasteiger partial charge in [0.15, 0.2) is 0 Å². The van der Waals surface area contributed by atoms with Crippen LogP contribution in [0.5, 0.6) is 0 Å². The van der Waals surface area contributed by atoms with E-state index in [1.54, 1.807) is 0 Å². The van der Waals surface area contributed by atoms with Crippen molar-refractivity contribution >= 4 is 18.6 Å². The molecule has 0 saturated carbocycles. The number of nitrogens with one attached hydrogen (secondary N) is 1. The Kier molecular flexibility index (Phi) is 9.04. The molecule has 0 saturated heterocycles. The molecule has 0 aliphatic heterocycles. The standard InChI is InChI=1S/C10H13NO.C9H7.C2H7Si.2ClH.Ti/c1-6-4-7(2)9(10(11)12)8(3)5-6;1-2-5-9-7-3-6-8(9)4-1;1-3-2;;;/h4-5H,1-3H3,(H2,11,12);1-7H;3H,1-2H3;2*1H;/q;;;;;+3/p-3. The Balaban J connectivity index is 0.00000182. The van der Waals surface area contributed by atoms with E-state index >= 15 is 0 Å². The summed E-state index contributed by atoms with van der Waals surface area (Å²) in [7, 11) is 0. The van der Waals surface area contributed by atoms with Crippen molar-refractivity contribution in [2.45, 2.75) is 38.1 Å². The minimum absolute atomic E-state index is 0. The number of carbonyl (C=O) groups excluding carboxylic acids is 1. The fourth-order valence-corrected chi connectivity index (χ4v) is 13.6. The number of carbonyl (C=O) groups is 1. The van der Waals surface area contributed by atoms with Gasteiger partial charge in [0.05, 0.1) is 0 Å². The number of halogens is 2. The number of hydrogen-bond acceptors (Lipinski definition) is 1. The molecule has 0 bridgehead atoms. The first kappa shape index (κ1) is 24.2. The zero-order valence-electron chi connectivity index (χ0n) is 16.4. The van der Waals surface area contributed by atoms with Gasteiger partial charge >= 0.3 is 159 Å². The summed E-state index contributed by atoms with van der Waals surface area (Å²) in [6.07, 6.45) is 4.57. The summed E-state index contributed by atoms with van der Waals surface area (Å²) in [5.74, 6) is 0.143. The first-order chi connectivity index (χ1) is 11.9. The van der Waals surface area contributed by atoms with Crippen molar-refractivity contribution in [3.05, 3.63) is 75.9 Å². The van der Waals surface area contributed by atoms with E-state index in [4.69, 9.17) is 0 Å². The molecule has 143 valence electrons. The largest absolute Gasteiger partial charge is 1.00 e. The van der Waals surface area contributed by atoms with E-state index in [2.05, 4.69) is 72.4 Å². The van der Waals surface area contributed by atoms with Crippen molar-refractivity contribution in [1.82, 2.24) is 3.80 Å². The van der Waals surface area contributed by atoms with Gasteiger partial charge in [-0.25, -0.2) is 0 Å². The number of fused-ring (bicyclic) bond motifs is 1. The predicted octanol–water partition coefficient (Wildman–Crippen LogP) is -1.37. The normalized spacial score (nSPS) is 14.2. The van der Waals surface area contributed by atoms with Crippen LogP contribution in [0.4, 0.5) is 0 Å². The first-order valence-electron chi connectivity index (χ1n) is 8.91. The maximum atomic E-state index is 13.1. The summed E-state index contributed by atoms with van der Waals surface area (Å²) in [5, 5.41) is 0. The first-order valence-corrected chi connectivity index (χ1v) is 16.2. The van der Waals surface area contributed by atoms with E-state index < -0.39 is 24.0 Å². The summed E-state index contributed by atoms with van der Waals surface area (Å²) in [5.41, 5.74) is 7.00. The molecule has 2 aromatic carbocycles. The van der Waals surface area contributed by atoms with Crippen LogP contribution in [0.25, 0.3) is 6.08 Å². The molecule has 6 heteroatoms. The van der Waals surface area contributed by atoms with Gasteiger partial charge in [-0.15, -0.1) is 0 Å². The second-order valence-corrected chi connectivity index (χ2v) is 20.4. The fraction of sp³-hybridized carbons (Fsp3) is 0.286. The SMILES string of the molecule is Cc1cc(C)c(C(=O)[NH][Ti+2]([CH]2C=Cc3ccccc32)[SiH](C)C)c(C)c1.[Cl-].[Cl-]. The number of allylic oxidation sites excluding steroid dienone is 1. The van der Waals surface area contributed by atoms with Crippen LogP contribution in [0.15, 0.2) is 42.5 Å². The fourth-order valence-electron chi connectivity index (χ4n) is 3.83. The maximum Gasteiger partial charge on any atom is -1.00 e. The third-order valence-electron chi connectivity index (χ3n) is 4.92. The molecule has 1 atom stereocenters. The molecular weight excluding hydrogens is 429 g/mol. The van der Waals surface area contributed by atoms with Gasteiger partial charge in [-0.2, -0.15) is 0 Å². The molecular formula is C21H26Cl2NOSiTi. The summed E-state index contributed by atoms with van der Waals surface area (Å²) < 4.78 is 4.01. The van der Waals surface area contributed by atoms with Gasteiger partial charge in [-0.3, -0.25) is 0 Å². The zero-order valence-corrected chi connectivity index (χ0v) is 20.7. The van der Waals surface area contributed by atoms with E-state index in [1.165, 1.54) is 16.7 Å². The second kappa shape index (κ2) is 10.1. The third kappa shape index (κ3) is 5.16. The van der Waals surface area contributed by atoms with Crippen LogP contribution in [0.3, 0.4) is 0 Å². The zero-order chi connectivity index (χ0) is 18.1. The molecule has 3 rings (SSSR count). The van der Waals surface area contributed by atoms with Crippen molar-refractivity contribution in [3.63, 3.8) is 0 Å². The van der Waals surface area contributed by atoms with Crippen LogP contribution in [-0.2, 0) is 17.4 Å². The summed E-state index contributed by atoms with van der Waals surface area (Å²) >= 11 is -1.75. The van der Waals surface area contributed by atoms with Gasteiger partial charge in [0.2, 0.25) is 0 Å². The maximum absolute atomic E-state index is 13.1. The summed E-state index contributed by atoms with van der Waals surface area (Å²) in [6.45, 7) is 10.0. The van der Waals surface area contributed by atoms with Gasteiger partial charge < -0.3 is 24.8 Å². The molecule has 1 aliphatic rings. The van der Waals surface area contributed by atoms with Gasteiger partial charge in [0.25, 0.3) is 0 Å². The second-order valence-electron chi connectivity index (χ2n) is 7.30. The number of aryl methyl sites for hydroxylation is 3. The molecule has 1 unspecified atom stereocenters. The van der Waals surface area contributed by atoms with Crippen LogP contribution in [-0.4, -0.2) is 12.6 Å². The van der Waals surface area contributed by atoms with E-state index in [0.29, 0.717) is 4.22 Å². The monoisotopic (exact) mass is 454 g/mol. The van der Waals surface area contributed by atoms with Crippen molar-refractivity contribution in [3.8, 4) is 0 Å². The Labute approximate surface area is 182 Å². The Hall–Kier alpha value is -0.839. The predicted molar refractivity (Wildman–Crippen MR) is 105 cm³/mol. The number of rotatable bonds is 4. The number of amides is 1. The van der Waals surface area contributed by atoms with E-state index in [0.717, 1.165) is 16.7 Å². The third-order valence-corrected chi connectivity index (χ3v) is 16.7. The number of hydrogen-bond donors (Lipinski definition) is 1. The van der Waals surface area contributed by atoms with Crippen molar-refractivity contribution in [2.75, 3.05) is 0 Å². The Morgan fingerprint density at radius 3 is 2.22 bits per heavy atom. The Bertz CT molecular complexity index is 831. The molecule has 0 fully saturated rings. The molecule has 2 aromatic rings. The Morgan fingerprint density at radius 1 is 1.04 bits per heavy atom. The van der Waals surface area contributed by atoms with Crippen LogP contribution >= 0.6 is 0 Å². The van der Waals surface area contributed by atoms with Crippen LogP contribution in [0.1, 0.15) is 42.4 Å². The Morgan fingerprint density at radius 2 is 1.63 bits per heavy atom. The van der Waals surface area contributed by atoms with Gasteiger partial charge in [0.1, 0.15) is 0 Å². The van der Waals surface area contributed by atoms with Crippen LogP contribution in [0, 0.1) is 20.8 Å². The van der Waals surface area contributed by atoms with E-state index in [-0.39, 0.29) is 30.7 Å². The summed E-state index contributed by atoms with van der Waals surface area (Å²) in [4.78, 5) is 13.1. The summed E-state index contributed by atoms with van der Waals surface area (Å²) in [6, 6.07) is 12.8. The van der Waals surface area contributed by atoms with Gasteiger partial charge in [0, 0.05) is 0 Å². The quantitative estimate of drug-likeness (QED) is 0.567. The minimum atomic E-state index is -1.75. The average Bonchev–Trinajstić information content (AvgIpc) is 2.95. The number of benzene rings is 2. The average molecular weight is 455 g/mol. The molecule has 0 heterocycles. The van der Waals surface area contributed by atoms with E-state index in [1.807, 2.05) is 13.8 Å². The molecule has 1 amide bonds. The molecule has 0 spiro atoms. The van der Waals surface area contributed by atoms with Crippen molar-refractivity contribution in [2.24, 2.45) is 0 Å². The van der Waals surface area contributed by atoms with Crippen LogP contribution in [0.2, 0.25) is 13.1 Å². The minimum Gasteiger partial charge on any atom is -1.00 e. The molecule has 0 aromatic heterocycles. The molecule has 0 radical (unpaired) electrons. The molecule has 1 aliphatic carbocycles. The molecule has 2 nitrogen and oxygen atoms in total. The molecule has 1 N–H and O–H groups in total. The topological polar surface area (TPSA) is 29.1 Å². The van der Waals surface area contributed by atoms with Crippen LogP contribution < -0.4 is 28.6 Å². The van der Waals surface area contributed by atoms with Crippen molar-refractivity contribution in [1.29, 1.82) is 0 Å². The van der Waals surface area contributed by atoms with Gasteiger partial charge in [-0.1, -0.05) is 0 Å². The smallest absolute Gasteiger partial charge is 1.00 e. The van der Waals surface area contributed by atoms with Gasteiger partial charge in [-0.05, 0) is 0 Å².